The van der Waals surface area contributed by atoms with Crippen molar-refractivity contribution in [1.29, 1.82) is 0 Å². The summed E-state index contributed by atoms with van der Waals surface area (Å²) in [6.45, 7) is 3.98. The van der Waals surface area contributed by atoms with E-state index < -0.39 is 0 Å². The Morgan fingerprint density at radius 1 is 1.25 bits per heavy atom. The highest BCUT2D eigenvalue weighted by Gasteiger charge is 2.16. The standard InChI is InChI=1S/C14H12BrN3OS/c1-7-5-9(15)3-4-10(7)13-17-14(19-18-13)12-11(16)8(2)6-20-12/h3-6H,16H2,1-2H3. The Hall–Kier alpha value is -1.66. The molecule has 0 atom stereocenters. The Labute approximate surface area is 128 Å². The second-order valence-corrected chi connectivity index (χ2v) is 6.34. The molecular formula is C14H12BrN3OS. The summed E-state index contributed by atoms with van der Waals surface area (Å²) in [6.07, 6.45) is 0. The van der Waals surface area contributed by atoms with E-state index in [9.17, 15) is 0 Å². The number of nitrogen functional groups attached to an aromatic ring is 1. The van der Waals surface area contributed by atoms with Gasteiger partial charge in [0.1, 0.15) is 4.88 Å². The van der Waals surface area contributed by atoms with Crippen LogP contribution in [0.2, 0.25) is 0 Å². The van der Waals surface area contributed by atoms with Crippen molar-refractivity contribution in [3.05, 3.63) is 39.2 Å². The molecule has 2 aromatic heterocycles. The Morgan fingerprint density at radius 3 is 2.70 bits per heavy atom. The maximum atomic E-state index is 6.01. The highest BCUT2D eigenvalue weighted by Crippen LogP contribution is 2.35. The molecule has 1 aromatic carbocycles. The SMILES string of the molecule is Cc1cc(Br)ccc1-c1noc(-c2scc(C)c2N)n1. The molecule has 0 radical (unpaired) electrons. The second kappa shape index (κ2) is 5.03. The van der Waals surface area contributed by atoms with Crippen LogP contribution in [0, 0.1) is 13.8 Å². The van der Waals surface area contributed by atoms with Gasteiger partial charge >= 0.3 is 0 Å². The fraction of sp³-hybridized carbons (Fsp3) is 0.143. The van der Waals surface area contributed by atoms with Gasteiger partial charge in [-0.3, -0.25) is 0 Å². The molecule has 0 saturated carbocycles. The van der Waals surface area contributed by atoms with E-state index in [2.05, 4.69) is 26.1 Å². The van der Waals surface area contributed by atoms with Gasteiger partial charge in [-0.25, -0.2) is 0 Å². The van der Waals surface area contributed by atoms with Crippen LogP contribution in [-0.2, 0) is 0 Å². The van der Waals surface area contributed by atoms with E-state index in [1.54, 1.807) is 0 Å². The molecule has 2 N–H and O–H groups in total. The fourth-order valence-corrected chi connectivity index (χ4v) is 3.29. The summed E-state index contributed by atoms with van der Waals surface area (Å²) >= 11 is 4.96. The molecule has 6 heteroatoms. The highest BCUT2D eigenvalue weighted by molar-refractivity contribution is 9.10. The first-order chi connectivity index (χ1) is 9.56. The number of aryl methyl sites for hydroxylation is 2. The molecule has 0 saturated heterocycles. The van der Waals surface area contributed by atoms with Gasteiger partial charge in [-0.1, -0.05) is 21.1 Å². The van der Waals surface area contributed by atoms with Crippen molar-refractivity contribution in [3.63, 3.8) is 0 Å². The fourth-order valence-electron chi connectivity index (χ4n) is 1.92. The number of rotatable bonds is 2. The molecule has 4 nitrogen and oxygen atoms in total. The van der Waals surface area contributed by atoms with Crippen molar-refractivity contribution >= 4 is 33.0 Å². The normalized spacial score (nSPS) is 10.9. The van der Waals surface area contributed by atoms with E-state index in [1.807, 2.05) is 37.4 Å². The number of aromatic nitrogens is 2. The lowest BCUT2D eigenvalue weighted by molar-refractivity contribution is 0.433. The number of hydrogen-bond donors (Lipinski definition) is 1. The van der Waals surface area contributed by atoms with Gasteiger partial charge < -0.3 is 10.3 Å². The van der Waals surface area contributed by atoms with E-state index in [0.29, 0.717) is 17.4 Å². The summed E-state index contributed by atoms with van der Waals surface area (Å²) in [4.78, 5) is 5.28. The third-order valence-electron chi connectivity index (χ3n) is 3.07. The Bertz CT molecular complexity index is 779. The topological polar surface area (TPSA) is 64.9 Å². The van der Waals surface area contributed by atoms with Gasteiger partial charge in [0.2, 0.25) is 5.82 Å². The van der Waals surface area contributed by atoms with Gasteiger partial charge in [0.15, 0.2) is 0 Å². The minimum absolute atomic E-state index is 0.470. The Balaban J connectivity index is 2.04. The molecule has 2 heterocycles. The summed E-state index contributed by atoms with van der Waals surface area (Å²) in [5, 5.41) is 6.04. The van der Waals surface area contributed by atoms with E-state index in [1.165, 1.54) is 11.3 Å². The molecule has 102 valence electrons. The lowest BCUT2D eigenvalue weighted by atomic mass is 10.1. The number of halogens is 1. The van der Waals surface area contributed by atoms with Crippen LogP contribution in [0.25, 0.3) is 22.2 Å². The van der Waals surface area contributed by atoms with Crippen LogP contribution in [0.5, 0.6) is 0 Å². The minimum Gasteiger partial charge on any atom is -0.397 e. The number of hydrogen-bond acceptors (Lipinski definition) is 5. The average Bonchev–Trinajstić information content (AvgIpc) is 2.98. The van der Waals surface area contributed by atoms with Crippen molar-refractivity contribution in [1.82, 2.24) is 10.1 Å². The summed E-state index contributed by atoms with van der Waals surface area (Å²) in [5.74, 6) is 1.05. The molecule has 0 amide bonds. The zero-order valence-electron chi connectivity index (χ0n) is 11.0. The summed E-state index contributed by atoms with van der Waals surface area (Å²) < 4.78 is 6.37. The van der Waals surface area contributed by atoms with Gasteiger partial charge in [0.25, 0.3) is 5.89 Å². The zero-order valence-corrected chi connectivity index (χ0v) is 13.4. The monoisotopic (exact) mass is 349 g/mol. The molecule has 0 aliphatic carbocycles. The lowest BCUT2D eigenvalue weighted by Gasteiger charge is -2.00. The third kappa shape index (κ3) is 2.25. The number of nitrogens with zero attached hydrogens (tertiary/aromatic N) is 2. The number of thiophene rings is 1. The molecule has 20 heavy (non-hydrogen) atoms. The molecule has 3 aromatic rings. The van der Waals surface area contributed by atoms with Crippen LogP contribution >= 0.6 is 27.3 Å². The predicted octanol–water partition coefficient (Wildman–Crippen LogP) is 4.43. The molecule has 0 unspecified atom stereocenters. The molecule has 0 aliphatic rings. The van der Waals surface area contributed by atoms with Gasteiger partial charge in [-0.05, 0) is 48.6 Å². The number of benzene rings is 1. The lowest BCUT2D eigenvalue weighted by Crippen LogP contribution is -1.88. The van der Waals surface area contributed by atoms with Crippen molar-refractivity contribution in [2.75, 3.05) is 5.73 Å². The molecule has 3 rings (SSSR count). The zero-order chi connectivity index (χ0) is 14.3. The van der Waals surface area contributed by atoms with Crippen LogP contribution < -0.4 is 5.73 Å². The molecule has 0 aliphatic heterocycles. The van der Waals surface area contributed by atoms with Crippen molar-refractivity contribution < 1.29 is 4.52 Å². The smallest absolute Gasteiger partial charge is 0.270 e. The maximum Gasteiger partial charge on any atom is 0.270 e. The largest absolute Gasteiger partial charge is 0.397 e. The van der Waals surface area contributed by atoms with E-state index in [4.69, 9.17) is 10.3 Å². The summed E-state index contributed by atoms with van der Waals surface area (Å²) in [7, 11) is 0. The molecule has 0 bridgehead atoms. The Morgan fingerprint density at radius 2 is 2.05 bits per heavy atom. The van der Waals surface area contributed by atoms with E-state index in [-0.39, 0.29) is 0 Å². The average molecular weight is 350 g/mol. The quantitative estimate of drug-likeness (QED) is 0.743. The van der Waals surface area contributed by atoms with Crippen molar-refractivity contribution in [2.45, 2.75) is 13.8 Å². The van der Waals surface area contributed by atoms with Crippen LogP contribution in [0.15, 0.2) is 32.6 Å². The first-order valence-electron chi connectivity index (χ1n) is 6.00. The van der Waals surface area contributed by atoms with Gasteiger partial charge in [0, 0.05) is 10.0 Å². The number of nitrogens with two attached hydrogens (primary N) is 1. The first-order valence-corrected chi connectivity index (χ1v) is 7.67. The van der Waals surface area contributed by atoms with Crippen molar-refractivity contribution in [2.24, 2.45) is 0 Å². The number of anilines is 1. The van der Waals surface area contributed by atoms with Crippen LogP contribution in [0.3, 0.4) is 0 Å². The Kier molecular flexibility index (Phi) is 3.35. The van der Waals surface area contributed by atoms with Gasteiger partial charge in [-0.2, -0.15) is 4.98 Å². The van der Waals surface area contributed by atoms with E-state index >= 15 is 0 Å². The minimum atomic E-state index is 0.470. The maximum absolute atomic E-state index is 6.01. The first kappa shape index (κ1) is 13.3. The third-order valence-corrected chi connectivity index (χ3v) is 4.67. The second-order valence-electron chi connectivity index (χ2n) is 4.54. The van der Waals surface area contributed by atoms with Crippen molar-refractivity contribution in [3.8, 4) is 22.2 Å². The van der Waals surface area contributed by atoms with Crippen LogP contribution in [-0.4, -0.2) is 10.1 Å². The molecular weight excluding hydrogens is 338 g/mol. The van der Waals surface area contributed by atoms with Crippen LogP contribution in [0.1, 0.15) is 11.1 Å². The predicted molar refractivity (Wildman–Crippen MR) is 84.6 cm³/mol. The van der Waals surface area contributed by atoms with E-state index in [0.717, 1.165) is 26.0 Å². The van der Waals surface area contributed by atoms with Gasteiger partial charge in [0.05, 0.1) is 5.69 Å². The highest BCUT2D eigenvalue weighted by atomic mass is 79.9. The van der Waals surface area contributed by atoms with Gasteiger partial charge in [-0.15, -0.1) is 11.3 Å². The molecule has 0 fully saturated rings. The molecule has 0 spiro atoms. The summed E-state index contributed by atoms with van der Waals surface area (Å²) in [5.41, 5.74) is 9.79. The van der Waals surface area contributed by atoms with Crippen LogP contribution in [0.4, 0.5) is 5.69 Å². The summed E-state index contributed by atoms with van der Waals surface area (Å²) in [6, 6.07) is 5.95.